The molecule has 0 radical (unpaired) electrons. The van der Waals surface area contributed by atoms with Crippen molar-refractivity contribution in [2.24, 2.45) is 0 Å². The summed E-state index contributed by atoms with van der Waals surface area (Å²) < 4.78 is 0. The Balaban J connectivity index is 2.59. The Labute approximate surface area is 108 Å². The topological polar surface area (TPSA) is 41.1 Å². The van der Waals surface area contributed by atoms with Crippen LogP contribution in [0.1, 0.15) is 30.9 Å². The van der Waals surface area contributed by atoms with Crippen molar-refractivity contribution in [3.63, 3.8) is 0 Å². The van der Waals surface area contributed by atoms with Crippen molar-refractivity contribution >= 4 is 28.9 Å². The van der Waals surface area contributed by atoms with Crippen LogP contribution in [-0.2, 0) is 4.79 Å². The van der Waals surface area contributed by atoms with Crippen molar-refractivity contribution in [3.05, 3.63) is 29.3 Å². The Morgan fingerprint density at radius 3 is 2.35 bits per heavy atom. The van der Waals surface area contributed by atoms with Crippen molar-refractivity contribution < 1.29 is 4.79 Å². The van der Waals surface area contributed by atoms with Crippen LogP contribution in [-0.4, -0.2) is 11.0 Å². The molecule has 0 fully saturated rings. The molecule has 2 N–H and O–H groups in total. The van der Waals surface area contributed by atoms with Crippen LogP contribution in [0, 0.1) is 13.8 Å². The van der Waals surface area contributed by atoms with Gasteiger partial charge in [0.2, 0.25) is 5.91 Å². The molecular weight excluding hydrogens is 232 g/mol. The average Bonchev–Trinajstić information content (AvgIpc) is 2.14. The van der Waals surface area contributed by atoms with Crippen molar-refractivity contribution in [3.8, 4) is 0 Å². The van der Waals surface area contributed by atoms with Gasteiger partial charge in [-0.25, -0.2) is 0 Å². The summed E-state index contributed by atoms with van der Waals surface area (Å²) in [6, 6.07) is 6.07. The standard InChI is InChI=1S/C13H18N2OS/c1-4-5-12(16)15-13(17)14-11-7-9(2)6-10(3)8-11/h6-8H,4-5H2,1-3H3,(H2,14,15,16,17). The minimum absolute atomic E-state index is 0.0469. The minimum Gasteiger partial charge on any atom is -0.332 e. The van der Waals surface area contributed by atoms with E-state index in [9.17, 15) is 4.79 Å². The third kappa shape index (κ3) is 4.95. The first-order chi connectivity index (χ1) is 8.01. The van der Waals surface area contributed by atoms with E-state index in [1.807, 2.05) is 32.9 Å². The summed E-state index contributed by atoms with van der Waals surface area (Å²) in [4.78, 5) is 11.3. The second-order valence-electron chi connectivity index (χ2n) is 4.13. The van der Waals surface area contributed by atoms with Gasteiger partial charge in [0.15, 0.2) is 5.11 Å². The molecule has 17 heavy (non-hydrogen) atoms. The molecule has 3 nitrogen and oxygen atoms in total. The molecule has 0 bridgehead atoms. The largest absolute Gasteiger partial charge is 0.332 e. The zero-order chi connectivity index (χ0) is 12.8. The first-order valence-corrected chi connectivity index (χ1v) is 6.11. The number of thiocarbonyl (C=S) groups is 1. The van der Waals surface area contributed by atoms with Crippen LogP contribution in [0.2, 0.25) is 0 Å². The van der Waals surface area contributed by atoms with Gasteiger partial charge in [-0.15, -0.1) is 0 Å². The van der Waals surface area contributed by atoms with Crippen LogP contribution in [0.25, 0.3) is 0 Å². The molecule has 0 saturated heterocycles. The second kappa shape index (κ2) is 6.35. The van der Waals surface area contributed by atoms with Gasteiger partial charge in [-0.1, -0.05) is 13.0 Å². The molecule has 0 atom stereocenters. The molecule has 1 aromatic carbocycles. The highest BCUT2D eigenvalue weighted by atomic mass is 32.1. The predicted octanol–water partition coefficient (Wildman–Crippen LogP) is 2.92. The number of hydrogen-bond donors (Lipinski definition) is 2. The number of hydrogen-bond acceptors (Lipinski definition) is 2. The van der Waals surface area contributed by atoms with Crippen LogP contribution in [0.5, 0.6) is 0 Å². The lowest BCUT2D eigenvalue weighted by atomic mass is 10.1. The normalized spacial score (nSPS) is 9.82. The van der Waals surface area contributed by atoms with Gasteiger partial charge in [0.05, 0.1) is 0 Å². The molecule has 1 rings (SSSR count). The van der Waals surface area contributed by atoms with Gasteiger partial charge in [0.1, 0.15) is 0 Å². The Hall–Kier alpha value is -1.42. The molecule has 0 spiro atoms. The van der Waals surface area contributed by atoms with E-state index in [0.29, 0.717) is 11.5 Å². The number of amides is 1. The maximum absolute atomic E-state index is 11.3. The molecule has 1 amide bonds. The molecule has 0 unspecified atom stereocenters. The fourth-order valence-corrected chi connectivity index (χ4v) is 1.86. The minimum atomic E-state index is -0.0469. The number of anilines is 1. The van der Waals surface area contributed by atoms with E-state index in [4.69, 9.17) is 12.2 Å². The molecule has 4 heteroatoms. The van der Waals surface area contributed by atoms with E-state index in [1.165, 1.54) is 0 Å². The van der Waals surface area contributed by atoms with Crippen molar-refractivity contribution in [2.45, 2.75) is 33.6 Å². The summed E-state index contributed by atoms with van der Waals surface area (Å²) in [5.74, 6) is -0.0469. The van der Waals surface area contributed by atoms with E-state index >= 15 is 0 Å². The fourth-order valence-electron chi connectivity index (χ4n) is 1.63. The van der Waals surface area contributed by atoms with Crippen molar-refractivity contribution in [1.29, 1.82) is 0 Å². The number of rotatable bonds is 3. The summed E-state index contributed by atoms with van der Waals surface area (Å²) in [6.45, 7) is 6.01. The first kappa shape index (κ1) is 13.6. The van der Waals surface area contributed by atoms with Crippen LogP contribution in [0.15, 0.2) is 18.2 Å². The zero-order valence-electron chi connectivity index (χ0n) is 10.5. The SMILES string of the molecule is CCCC(=O)NC(=S)Nc1cc(C)cc(C)c1. The molecule has 1 aromatic rings. The summed E-state index contributed by atoms with van der Waals surface area (Å²) in [5.41, 5.74) is 3.23. The van der Waals surface area contributed by atoms with Crippen molar-refractivity contribution in [2.75, 3.05) is 5.32 Å². The van der Waals surface area contributed by atoms with Crippen LogP contribution < -0.4 is 10.6 Å². The number of carbonyl (C=O) groups is 1. The third-order valence-corrected chi connectivity index (χ3v) is 2.41. The second-order valence-corrected chi connectivity index (χ2v) is 4.54. The summed E-state index contributed by atoms with van der Waals surface area (Å²) in [5, 5.41) is 6.02. The van der Waals surface area contributed by atoms with Crippen LogP contribution >= 0.6 is 12.2 Å². The molecule has 0 aliphatic rings. The molecule has 0 heterocycles. The molecule has 0 aromatic heterocycles. The van der Waals surface area contributed by atoms with Crippen molar-refractivity contribution in [1.82, 2.24) is 5.32 Å². The molecular formula is C13H18N2OS. The molecule has 0 aliphatic heterocycles. The predicted molar refractivity (Wildman–Crippen MR) is 75.2 cm³/mol. The van der Waals surface area contributed by atoms with Gasteiger partial charge >= 0.3 is 0 Å². The Kier molecular flexibility index (Phi) is 5.10. The lowest BCUT2D eigenvalue weighted by Gasteiger charge is -2.10. The van der Waals surface area contributed by atoms with Gasteiger partial charge in [-0.2, -0.15) is 0 Å². The van der Waals surface area contributed by atoms with E-state index in [2.05, 4.69) is 16.7 Å². The highest BCUT2D eigenvalue weighted by molar-refractivity contribution is 7.80. The average molecular weight is 250 g/mol. The Morgan fingerprint density at radius 1 is 1.24 bits per heavy atom. The quantitative estimate of drug-likeness (QED) is 0.810. The molecule has 0 aliphatic carbocycles. The van der Waals surface area contributed by atoms with E-state index in [-0.39, 0.29) is 5.91 Å². The number of carbonyl (C=O) groups excluding carboxylic acids is 1. The van der Waals surface area contributed by atoms with E-state index < -0.39 is 0 Å². The van der Waals surface area contributed by atoms with E-state index in [1.54, 1.807) is 0 Å². The number of nitrogens with one attached hydrogen (secondary N) is 2. The smallest absolute Gasteiger partial charge is 0.226 e. The summed E-state index contributed by atoms with van der Waals surface area (Å²) >= 11 is 5.07. The number of benzene rings is 1. The lowest BCUT2D eigenvalue weighted by Crippen LogP contribution is -2.33. The van der Waals surface area contributed by atoms with Crippen LogP contribution in [0.4, 0.5) is 5.69 Å². The highest BCUT2D eigenvalue weighted by Crippen LogP contribution is 2.13. The summed E-state index contributed by atoms with van der Waals surface area (Å²) in [6.07, 6.45) is 1.31. The lowest BCUT2D eigenvalue weighted by molar-refractivity contribution is -0.119. The van der Waals surface area contributed by atoms with Crippen LogP contribution in [0.3, 0.4) is 0 Å². The zero-order valence-corrected chi connectivity index (χ0v) is 11.3. The van der Waals surface area contributed by atoms with E-state index in [0.717, 1.165) is 23.2 Å². The maximum atomic E-state index is 11.3. The van der Waals surface area contributed by atoms with Gasteiger partial charge in [-0.3, -0.25) is 4.79 Å². The number of aryl methyl sites for hydroxylation is 2. The van der Waals surface area contributed by atoms with Gasteiger partial charge in [0.25, 0.3) is 0 Å². The Bertz CT molecular complexity index is 409. The van der Waals surface area contributed by atoms with Gasteiger partial charge in [-0.05, 0) is 55.7 Å². The van der Waals surface area contributed by atoms with Gasteiger partial charge in [0, 0.05) is 12.1 Å². The van der Waals surface area contributed by atoms with Gasteiger partial charge < -0.3 is 10.6 Å². The summed E-state index contributed by atoms with van der Waals surface area (Å²) in [7, 11) is 0. The monoisotopic (exact) mass is 250 g/mol. The molecule has 92 valence electrons. The maximum Gasteiger partial charge on any atom is 0.226 e. The highest BCUT2D eigenvalue weighted by Gasteiger charge is 2.03. The third-order valence-electron chi connectivity index (χ3n) is 2.21. The molecule has 0 saturated carbocycles. The Morgan fingerprint density at radius 2 is 1.82 bits per heavy atom. The first-order valence-electron chi connectivity index (χ1n) is 5.70. The fraction of sp³-hybridized carbons (Fsp3) is 0.385.